The summed E-state index contributed by atoms with van der Waals surface area (Å²) in [4.78, 5) is 26.2. The van der Waals surface area contributed by atoms with E-state index in [0.29, 0.717) is 18.7 Å². The fourth-order valence-corrected chi connectivity index (χ4v) is 4.80. The average Bonchev–Trinajstić information content (AvgIpc) is 3.00. The van der Waals surface area contributed by atoms with Crippen LogP contribution in [0.5, 0.6) is 0 Å². The second kappa shape index (κ2) is 14.7. The molecular weight excluding hydrogens is 522 g/mol. The summed E-state index contributed by atoms with van der Waals surface area (Å²) < 4.78 is 17.8. The summed E-state index contributed by atoms with van der Waals surface area (Å²) in [6.45, 7) is 4.59. The van der Waals surface area contributed by atoms with Gasteiger partial charge >= 0.3 is 12.0 Å². The zero-order valence-corrected chi connectivity index (χ0v) is 23.8. The highest BCUT2D eigenvalue weighted by molar-refractivity contribution is 5.91. The van der Waals surface area contributed by atoms with Gasteiger partial charge in [0.1, 0.15) is 6.54 Å². The van der Waals surface area contributed by atoms with Gasteiger partial charge in [-0.25, -0.2) is 4.79 Å². The number of rotatable bonds is 11. The molecule has 0 unspecified atom stereocenters. The van der Waals surface area contributed by atoms with Crippen molar-refractivity contribution >= 4 is 17.7 Å². The summed E-state index contributed by atoms with van der Waals surface area (Å²) in [5.74, 6) is -0.504. The quantitative estimate of drug-likeness (QED) is 0.280. The molecule has 3 aromatic carbocycles. The van der Waals surface area contributed by atoms with Gasteiger partial charge in [0.25, 0.3) is 0 Å². The third-order valence-electron chi connectivity index (χ3n) is 7.16. The van der Waals surface area contributed by atoms with Gasteiger partial charge in [-0.3, -0.25) is 9.69 Å². The molecule has 3 aromatic rings. The van der Waals surface area contributed by atoms with E-state index in [9.17, 15) is 14.7 Å². The van der Waals surface area contributed by atoms with Crippen molar-refractivity contribution in [2.24, 2.45) is 0 Å². The van der Waals surface area contributed by atoms with Crippen LogP contribution in [-0.4, -0.2) is 54.9 Å². The van der Waals surface area contributed by atoms with Crippen LogP contribution in [0.1, 0.15) is 61.0 Å². The van der Waals surface area contributed by atoms with E-state index >= 15 is 0 Å². The predicted octanol–water partition coefficient (Wildman–Crippen LogP) is 5.10. The number of urea groups is 1. The molecule has 218 valence electrons. The second-order valence-corrected chi connectivity index (χ2v) is 10.1. The summed E-state index contributed by atoms with van der Waals surface area (Å²) in [6.07, 6.45) is -0.357. The van der Waals surface area contributed by atoms with Crippen LogP contribution in [0.25, 0.3) is 0 Å². The fourth-order valence-electron chi connectivity index (χ4n) is 4.80. The van der Waals surface area contributed by atoms with Crippen LogP contribution in [0.3, 0.4) is 0 Å². The Kier molecular flexibility index (Phi) is 10.9. The highest BCUT2D eigenvalue weighted by atomic mass is 16.7. The zero-order chi connectivity index (χ0) is 29.2. The summed E-state index contributed by atoms with van der Waals surface area (Å²) in [6, 6.07) is 25.1. The number of amides is 2. The lowest BCUT2D eigenvalue weighted by Crippen LogP contribution is -2.38. The Labute approximate surface area is 241 Å². The molecule has 0 aromatic heterocycles. The molecule has 1 aliphatic rings. The van der Waals surface area contributed by atoms with E-state index in [2.05, 4.69) is 41.6 Å². The lowest BCUT2D eigenvalue weighted by molar-refractivity contribution is -0.253. The standard InChI is InChI=1S/C32H39N3O6/c1-4-39-30(37)19-33-32(38)34-27-12-8-11-26(17-27)31-40-28(20-35(3)22(2)24-9-6-5-7-10-24)18-29(41-31)25-15-13-23(21-36)14-16-25/h5-17,22,28-29,31,36H,4,18-21H2,1-3H3,(H2,33,34,38)/t22-,28-,29+,31+/m0/s1. The molecule has 1 fully saturated rings. The molecule has 3 N–H and O–H groups in total. The maximum Gasteiger partial charge on any atom is 0.325 e. The van der Waals surface area contributed by atoms with E-state index in [1.165, 1.54) is 5.56 Å². The van der Waals surface area contributed by atoms with Crippen LogP contribution in [0.4, 0.5) is 10.5 Å². The van der Waals surface area contributed by atoms with Crippen molar-refractivity contribution in [3.05, 3.63) is 101 Å². The molecule has 1 saturated heterocycles. The van der Waals surface area contributed by atoms with Gasteiger partial charge in [-0.1, -0.05) is 66.7 Å². The molecule has 41 heavy (non-hydrogen) atoms. The summed E-state index contributed by atoms with van der Waals surface area (Å²) >= 11 is 0. The van der Waals surface area contributed by atoms with Gasteiger partial charge in [-0.2, -0.15) is 0 Å². The Hall–Kier alpha value is -3.76. The minimum absolute atomic E-state index is 0.0184. The number of carbonyl (C=O) groups excluding carboxylic acids is 2. The van der Waals surface area contributed by atoms with Crippen LogP contribution < -0.4 is 10.6 Å². The number of hydrogen-bond donors (Lipinski definition) is 3. The zero-order valence-electron chi connectivity index (χ0n) is 23.8. The van der Waals surface area contributed by atoms with Gasteiger partial charge in [0.05, 0.1) is 25.4 Å². The number of nitrogens with zero attached hydrogens (tertiary/aromatic N) is 1. The highest BCUT2D eigenvalue weighted by Gasteiger charge is 2.33. The van der Waals surface area contributed by atoms with E-state index in [1.807, 2.05) is 54.6 Å². The largest absolute Gasteiger partial charge is 0.465 e. The minimum Gasteiger partial charge on any atom is -0.465 e. The molecule has 0 aliphatic carbocycles. The molecule has 0 radical (unpaired) electrons. The first-order valence-electron chi connectivity index (χ1n) is 13.9. The molecule has 9 heteroatoms. The maximum atomic E-state index is 12.3. The van der Waals surface area contributed by atoms with Crippen molar-refractivity contribution in [1.82, 2.24) is 10.2 Å². The van der Waals surface area contributed by atoms with Gasteiger partial charge < -0.3 is 30.0 Å². The molecule has 1 aliphatic heterocycles. The molecule has 4 rings (SSSR count). The first-order valence-corrected chi connectivity index (χ1v) is 13.9. The number of aliphatic hydroxyl groups is 1. The first kappa shape index (κ1) is 30.2. The third-order valence-corrected chi connectivity index (χ3v) is 7.16. The Morgan fingerprint density at radius 1 is 1.02 bits per heavy atom. The number of nitrogens with one attached hydrogen (secondary N) is 2. The van der Waals surface area contributed by atoms with Crippen LogP contribution >= 0.6 is 0 Å². The Morgan fingerprint density at radius 2 is 1.78 bits per heavy atom. The number of ether oxygens (including phenoxy) is 3. The van der Waals surface area contributed by atoms with Gasteiger partial charge in [-0.05, 0) is 49.7 Å². The number of benzene rings is 3. The van der Waals surface area contributed by atoms with Crippen LogP contribution in [0.2, 0.25) is 0 Å². The minimum atomic E-state index is -0.666. The molecule has 1 heterocycles. The highest BCUT2D eigenvalue weighted by Crippen LogP contribution is 2.39. The molecule has 2 amide bonds. The number of anilines is 1. The van der Waals surface area contributed by atoms with E-state index < -0.39 is 18.3 Å². The number of aliphatic hydroxyl groups excluding tert-OH is 1. The van der Waals surface area contributed by atoms with Gasteiger partial charge in [0.15, 0.2) is 6.29 Å². The molecule has 4 atom stereocenters. The summed E-state index contributed by atoms with van der Waals surface area (Å²) in [7, 11) is 2.09. The molecular formula is C32H39N3O6. The number of likely N-dealkylation sites (N-methyl/N-ethyl adjacent to an activating group) is 1. The van der Waals surface area contributed by atoms with Crippen LogP contribution in [-0.2, 0) is 25.6 Å². The van der Waals surface area contributed by atoms with E-state index in [-0.39, 0.29) is 38.0 Å². The molecule has 0 saturated carbocycles. The number of hydrogen-bond acceptors (Lipinski definition) is 7. The molecule has 9 nitrogen and oxygen atoms in total. The SMILES string of the molecule is CCOC(=O)CNC(=O)Nc1cccc([C@@H]2O[C@H](CN(C)[C@@H](C)c3ccccc3)C[C@H](c3ccc(CO)cc3)O2)c1. The normalized spacial score (nSPS) is 19.4. The van der Waals surface area contributed by atoms with E-state index in [1.54, 1.807) is 19.1 Å². The van der Waals surface area contributed by atoms with E-state index in [4.69, 9.17) is 14.2 Å². The number of carbonyl (C=O) groups is 2. The Morgan fingerprint density at radius 3 is 2.49 bits per heavy atom. The number of esters is 1. The van der Waals surface area contributed by atoms with Crippen molar-refractivity contribution in [1.29, 1.82) is 0 Å². The first-order chi connectivity index (χ1) is 19.9. The lowest BCUT2D eigenvalue weighted by Gasteiger charge is -2.39. The second-order valence-electron chi connectivity index (χ2n) is 10.1. The van der Waals surface area contributed by atoms with Crippen molar-refractivity contribution in [3.63, 3.8) is 0 Å². The average molecular weight is 562 g/mol. The predicted molar refractivity (Wildman–Crippen MR) is 156 cm³/mol. The maximum absolute atomic E-state index is 12.3. The Balaban J connectivity index is 1.49. The topological polar surface area (TPSA) is 109 Å². The van der Waals surface area contributed by atoms with Crippen LogP contribution in [0, 0.1) is 0 Å². The van der Waals surface area contributed by atoms with Gasteiger partial charge in [0, 0.05) is 30.3 Å². The van der Waals surface area contributed by atoms with Crippen molar-refractivity contribution in [3.8, 4) is 0 Å². The van der Waals surface area contributed by atoms with Gasteiger partial charge in [-0.15, -0.1) is 0 Å². The van der Waals surface area contributed by atoms with Crippen molar-refractivity contribution in [2.75, 3.05) is 32.1 Å². The van der Waals surface area contributed by atoms with Crippen LogP contribution in [0.15, 0.2) is 78.9 Å². The van der Waals surface area contributed by atoms with Crippen molar-refractivity contribution in [2.45, 2.75) is 51.4 Å². The summed E-state index contributed by atoms with van der Waals surface area (Å²) in [5, 5.41) is 14.7. The van der Waals surface area contributed by atoms with Gasteiger partial charge in [0.2, 0.25) is 0 Å². The monoisotopic (exact) mass is 561 g/mol. The molecule has 0 bridgehead atoms. The summed E-state index contributed by atoms with van der Waals surface area (Å²) in [5.41, 5.74) is 4.37. The Bertz CT molecular complexity index is 1270. The van der Waals surface area contributed by atoms with Crippen molar-refractivity contribution < 1.29 is 28.9 Å². The molecule has 0 spiro atoms. The lowest BCUT2D eigenvalue weighted by atomic mass is 9.99. The smallest absolute Gasteiger partial charge is 0.325 e. The van der Waals surface area contributed by atoms with E-state index in [0.717, 1.165) is 16.7 Å². The fraction of sp³-hybridized carbons (Fsp3) is 0.375. The third kappa shape index (κ3) is 8.61.